The number of halogens is 2. The molecule has 0 amide bonds. The number of nitrogens with zero attached hydrogens (tertiary/aromatic N) is 1. The van der Waals surface area contributed by atoms with Crippen LogP contribution in [0.4, 0.5) is 8.78 Å². The monoisotopic (exact) mass is 223 g/mol. The van der Waals surface area contributed by atoms with E-state index in [4.69, 9.17) is 0 Å². The van der Waals surface area contributed by atoms with Gasteiger partial charge < -0.3 is 10.3 Å². The molecule has 0 bridgehead atoms. The molecule has 0 saturated carbocycles. The highest BCUT2D eigenvalue weighted by Crippen LogP contribution is 2.23. The molecule has 1 aromatic carbocycles. The molecule has 1 heterocycles. The van der Waals surface area contributed by atoms with Gasteiger partial charge in [0.05, 0.1) is 17.7 Å². The Hall–Kier alpha value is -1.75. The molecule has 2 aromatic rings. The quantitative estimate of drug-likeness (QED) is 0.836. The lowest BCUT2D eigenvalue weighted by Gasteiger charge is -2.03. The van der Waals surface area contributed by atoms with Crippen LogP contribution < -0.4 is 5.32 Å². The third-order valence-electron chi connectivity index (χ3n) is 2.26. The van der Waals surface area contributed by atoms with Crippen molar-refractivity contribution in [1.82, 2.24) is 15.3 Å². The first-order valence-electron chi connectivity index (χ1n) is 4.84. The van der Waals surface area contributed by atoms with E-state index < -0.39 is 11.6 Å². The molecule has 0 atom stereocenters. The van der Waals surface area contributed by atoms with E-state index in [2.05, 4.69) is 15.3 Å². The summed E-state index contributed by atoms with van der Waals surface area (Å²) in [6.07, 6.45) is 1.49. The maximum absolute atomic E-state index is 13.5. The van der Waals surface area contributed by atoms with E-state index >= 15 is 0 Å². The van der Waals surface area contributed by atoms with E-state index in [1.807, 2.05) is 0 Å². The summed E-state index contributed by atoms with van der Waals surface area (Å²) < 4.78 is 26.3. The topological polar surface area (TPSA) is 40.7 Å². The van der Waals surface area contributed by atoms with E-state index in [-0.39, 0.29) is 0 Å². The van der Waals surface area contributed by atoms with Gasteiger partial charge in [-0.15, -0.1) is 0 Å². The highest BCUT2D eigenvalue weighted by Gasteiger charge is 2.12. The number of nitrogens with one attached hydrogen (secondary N) is 2. The van der Waals surface area contributed by atoms with Crippen molar-refractivity contribution in [3.05, 3.63) is 41.9 Å². The number of benzene rings is 1. The van der Waals surface area contributed by atoms with Gasteiger partial charge in [0.15, 0.2) is 0 Å². The Kier molecular flexibility index (Phi) is 2.96. The first-order valence-corrected chi connectivity index (χ1v) is 4.84. The fourth-order valence-corrected chi connectivity index (χ4v) is 1.55. The Bertz CT molecular complexity index is 494. The molecular formula is C11H11F2N3. The predicted octanol–water partition coefficient (Wildman–Crippen LogP) is 2.07. The van der Waals surface area contributed by atoms with Crippen molar-refractivity contribution in [1.29, 1.82) is 0 Å². The van der Waals surface area contributed by atoms with Crippen molar-refractivity contribution in [2.24, 2.45) is 0 Å². The Labute approximate surface area is 91.5 Å². The van der Waals surface area contributed by atoms with Crippen molar-refractivity contribution >= 4 is 0 Å². The summed E-state index contributed by atoms with van der Waals surface area (Å²) >= 11 is 0. The van der Waals surface area contributed by atoms with Crippen molar-refractivity contribution in [2.75, 3.05) is 7.05 Å². The van der Waals surface area contributed by atoms with Gasteiger partial charge in [-0.05, 0) is 19.2 Å². The summed E-state index contributed by atoms with van der Waals surface area (Å²) in [6.45, 7) is 0.548. The Morgan fingerprint density at radius 3 is 2.88 bits per heavy atom. The lowest BCUT2D eigenvalue weighted by molar-refractivity contribution is 0.585. The molecule has 1 aromatic heterocycles. The average Bonchev–Trinajstić information content (AvgIpc) is 2.67. The van der Waals surface area contributed by atoms with Gasteiger partial charge in [-0.25, -0.2) is 13.8 Å². The fourth-order valence-electron chi connectivity index (χ4n) is 1.55. The zero-order valence-corrected chi connectivity index (χ0v) is 8.72. The minimum atomic E-state index is -0.607. The molecule has 3 nitrogen and oxygen atoms in total. The van der Waals surface area contributed by atoms with Crippen LogP contribution in [0.1, 0.15) is 5.69 Å². The number of rotatable bonds is 3. The molecule has 2 N–H and O–H groups in total. The Morgan fingerprint density at radius 1 is 1.38 bits per heavy atom. The van der Waals surface area contributed by atoms with Crippen LogP contribution in [0.2, 0.25) is 0 Å². The van der Waals surface area contributed by atoms with Crippen LogP contribution in [-0.2, 0) is 6.54 Å². The van der Waals surface area contributed by atoms with Crippen LogP contribution in [0.3, 0.4) is 0 Å². The number of hydrogen-bond donors (Lipinski definition) is 2. The van der Waals surface area contributed by atoms with Gasteiger partial charge in [0.25, 0.3) is 0 Å². The van der Waals surface area contributed by atoms with Gasteiger partial charge in [-0.1, -0.05) is 0 Å². The van der Waals surface area contributed by atoms with Crippen molar-refractivity contribution in [3.63, 3.8) is 0 Å². The summed E-state index contributed by atoms with van der Waals surface area (Å²) in [4.78, 5) is 6.95. The zero-order valence-electron chi connectivity index (χ0n) is 8.72. The molecule has 2 rings (SSSR count). The van der Waals surface area contributed by atoms with Gasteiger partial charge in [-0.3, -0.25) is 0 Å². The molecule has 0 saturated heterocycles. The maximum atomic E-state index is 13.5. The summed E-state index contributed by atoms with van der Waals surface area (Å²) in [7, 11) is 1.78. The molecule has 0 fully saturated rings. The SMILES string of the molecule is CNCc1[nH]cnc1-c1ccc(F)cc1F. The van der Waals surface area contributed by atoms with Crippen LogP contribution in [-0.4, -0.2) is 17.0 Å². The number of hydrogen-bond acceptors (Lipinski definition) is 2. The lowest BCUT2D eigenvalue weighted by Crippen LogP contribution is -2.06. The van der Waals surface area contributed by atoms with Gasteiger partial charge in [0, 0.05) is 18.2 Å². The molecule has 0 spiro atoms. The smallest absolute Gasteiger partial charge is 0.135 e. The number of aromatic nitrogens is 2. The Balaban J connectivity index is 2.46. The zero-order chi connectivity index (χ0) is 11.5. The first kappa shape index (κ1) is 10.8. The van der Waals surface area contributed by atoms with Crippen molar-refractivity contribution in [2.45, 2.75) is 6.54 Å². The molecule has 0 radical (unpaired) electrons. The van der Waals surface area contributed by atoms with Gasteiger partial charge in [-0.2, -0.15) is 0 Å². The molecule has 84 valence electrons. The second-order valence-corrected chi connectivity index (χ2v) is 3.38. The number of imidazole rings is 1. The van der Waals surface area contributed by atoms with Crippen LogP contribution >= 0.6 is 0 Å². The van der Waals surface area contributed by atoms with Crippen LogP contribution in [0, 0.1) is 11.6 Å². The normalized spacial score (nSPS) is 10.7. The second-order valence-electron chi connectivity index (χ2n) is 3.38. The molecule has 0 unspecified atom stereocenters. The highest BCUT2D eigenvalue weighted by molar-refractivity contribution is 5.62. The largest absolute Gasteiger partial charge is 0.347 e. The van der Waals surface area contributed by atoms with Crippen LogP contribution in [0.25, 0.3) is 11.3 Å². The summed E-state index contributed by atoms with van der Waals surface area (Å²) in [6, 6.07) is 3.46. The summed E-state index contributed by atoms with van der Waals surface area (Å²) in [5.74, 6) is -1.20. The summed E-state index contributed by atoms with van der Waals surface area (Å²) in [5, 5.41) is 2.94. The highest BCUT2D eigenvalue weighted by atomic mass is 19.1. The fraction of sp³-hybridized carbons (Fsp3) is 0.182. The molecular weight excluding hydrogens is 212 g/mol. The van der Waals surface area contributed by atoms with Gasteiger partial charge in [0.2, 0.25) is 0 Å². The number of H-pyrrole nitrogens is 1. The van der Waals surface area contributed by atoms with E-state index in [0.717, 1.165) is 11.8 Å². The van der Waals surface area contributed by atoms with Crippen molar-refractivity contribution < 1.29 is 8.78 Å². The molecule has 0 aliphatic heterocycles. The molecule has 0 aliphatic carbocycles. The number of aromatic amines is 1. The third kappa shape index (κ3) is 1.94. The van der Waals surface area contributed by atoms with E-state index in [1.54, 1.807) is 7.05 Å². The van der Waals surface area contributed by atoms with E-state index in [0.29, 0.717) is 17.8 Å². The molecule has 5 heteroatoms. The van der Waals surface area contributed by atoms with E-state index in [1.165, 1.54) is 18.5 Å². The third-order valence-corrected chi connectivity index (χ3v) is 2.26. The summed E-state index contributed by atoms with van der Waals surface area (Å²) in [5.41, 5.74) is 1.58. The Morgan fingerprint density at radius 2 is 2.19 bits per heavy atom. The first-order chi connectivity index (χ1) is 7.72. The minimum Gasteiger partial charge on any atom is -0.347 e. The van der Waals surface area contributed by atoms with Gasteiger partial charge in [0.1, 0.15) is 11.6 Å². The van der Waals surface area contributed by atoms with Crippen LogP contribution in [0.5, 0.6) is 0 Å². The predicted molar refractivity (Wildman–Crippen MR) is 56.7 cm³/mol. The standard InChI is InChI=1S/C11H11F2N3/c1-14-5-10-11(16-6-15-10)8-3-2-7(12)4-9(8)13/h2-4,6,14H,5H2,1H3,(H,15,16). The van der Waals surface area contributed by atoms with Crippen molar-refractivity contribution in [3.8, 4) is 11.3 Å². The maximum Gasteiger partial charge on any atom is 0.135 e. The van der Waals surface area contributed by atoms with E-state index in [9.17, 15) is 8.78 Å². The molecule has 0 aliphatic rings. The van der Waals surface area contributed by atoms with Gasteiger partial charge >= 0.3 is 0 Å². The average molecular weight is 223 g/mol. The molecule has 16 heavy (non-hydrogen) atoms. The van der Waals surface area contributed by atoms with Crippen LogP contribution in [0.15, 0.2) is 24.5 Å². The lowest BCUT2D eigenvalue weighted by atomic mass is 10.1. The minimum absolute atomic E-state index is 0.299. The second kappa shape index (κ2) is 4.40.